The normalized spacial score (nSPS) is 11.4. The molecule has 2 rings (SSSR count). The highest BCUT2D eigenvalue weighted by molar-refractivity contribution is 5.94. The van der Waals surface area contributed by atoms with Gasteiger partial charge in [-0.3, -0.25) is 9.59 Å². The monoisotopic (exact) mass is 437 g/mol. The summed E-state index contributed by atoms with van der Waals surface area (Å²) >= 11 is 0. The number of nitrogens with one attached hydrogen (secondary N) is 1. The molecule has 0 aliphatic rings. The number of rotatable bonds is 8. The summed E-state index contributed by atoms with van der Waals surface area (Å²) in [6.07, 6.45) is 0.448. The van der Waals surface area contributed by atoms with Crippen molar-refractivity contribution >= 4 is 23.2 Å². The van der Waals surface area contributed by atoms with Gasteiger partial charge in [0.15, 0.2) is 0 Å². The Morgan fingerprint density at radius 3 is 2.28 bits per heavy atom. The summed E-state index contributed by atoms with van der Waals surface area (Å²) in [5.74, 6) is 0.353. The van der Waals surface area contributed by atoms with Crippen molar-refractivity contribution in [1.29, 1.82) is 0 Å². The van der Waals surface area contributed by atoms with Crippen molar-refractivity contribution in [1.82, 2.24) is 4.90 Å². The maximum absolute atomic E-state index is 13.4. The second kappa shape index (κ2) is 10.7. The molecule has 0 aliphatic carbocycles. The first kappa shape index (κ1) is 25.4. The van der Waals surface area contributed by atoms with Gasteiger partial charge in [0.25, 0.3) is 5.91 Å². The zero-order chi connectivity index (χ0) is 24.1. The van der Waals surface area contributed by atoms with Crippen LogP contribution >= 0.6 is 0 Å². The molecule has 32 heavy (non-hydrogen) atoms. The number of hydrogen-bond donors (Lipinski definition) is 1. The molecule has 0 heterocycles. The van der Waals surface area contributed by atoms with Gasteiger partial charge < -0.3 is 15.1 Å². The predicted molar refractivity (Wildman–Crippen MR) is 134 cm³/mol. The van der Waals surface area contributed by atoms with Gasteiger partial charge in [0.2, 0.25) is 5.91 Å². The van der Waals surface area contributed by atoms with Crippen molar-refractivity contribution in [2.45, 2.75) is 54.5 Å². The fourth-order valence-corrected chi connectivity index (χ4v) is 3.74. The Morgan fingerprint density at radius 1 is 1.03 bits per heavy atom. The Bertz CT molecular complexity index is 942. The lowest BCUT2D eigenvalue weighted by atomic mass is 9.92. The Kier molecular flexibility index (Phi) is 8.48. The highest BCUT2D eigenvalue weighted by Gasteiger charge is 2.21. The molecule has 2 amide bonds. The molecule has 0 unspecified atom stereocenters. The highest BCUT2D eigenvalue weighted by atomic mass is 16.2. The summed E-state index contributed by atoms with van der Waals surface area (Å²) in [7, 11) is 3.98. The second-order valence-electron chi connectivity index (χ2n) is 10.5. The number of benzene rings is 2. The van der Waals surface area contributed by atoms with E-state index in [9.17, 15) is 9.59 Å². The standard InChI is InChI=1S/C27H39N3O2/c1-19(2)17-30(26(32)21-11-9-10-20(3)14-21)18-22-15-23(12-13-24(22)29(7)8)28-25(31)16-27(4,5)6/h9-15,19H,16-18H2,1-8H3,(H,28,31). The third kappa shape index (κ3) is 7.70. The van der Waals surface area contributed by atoms with Crippen molar-refractivity contribution in [2.24, 2.45) is 11.3 Å². The number of amides is 2. The lowest BCUT2D eigenvalue weighted by Gasteiger charge is -2.28. The molecule has 0 fully saturated rings. The first-order valence-corrected chi connectivity index (χ1v) is 11.3. The van der Waals surface area contributed by atoms with Crippen LogP contribution in [0.5, 0.6) is 0 Å². The van der Waals surface area contributed by atoms with E-state index < -0.39 is 0 Å². The van der Waals surface area contributed by atoms with E-state index in [0.29, 0.717) is 31.0 Å². The maximum Gasteiger partial charge on any atom is 0.254 e. The summed E-state index contributed by atoms with van der Waals surface area (Å²) in [6.45, 7) is 13.5. The fourth-order valence-electron chi connectivity index (χ4n) is 3.74. The molecular formula is C27H39N3O2. The van der Waals surface area contributed by atoms with Crippen LogP contribution in [-0.4, -0.2) is 37.4 Å². The van der Waals surface area contributed by atoms with Crippen molar-refractivity contribution in [3.63, 3.8) is 0 Å². The Morgan fingerprint density at radius 2 is 1.72 bits per heavy atom. The lowest BCUT2D eigenvalue weighted by molar-refractivity contribution is -0.117. The molecule has 5 nitrogen and oxygen atoms in total. The van der Waals surface area contributed by atoms with Crippen molar-refractivity contribution in [3.05, 3.63) is 59.2 Å². The number of nitrogens with zero attached hydrogens (tertiary/aromatic N) is 2. The average molecular weight is 438 g/mol. The molecule has 1 N–H and O–H groups in total. The fraction of sp³-hybridized carbons (Fsp3) is 0.481. The van der Waals surface area contributed by atoms with Gasteiger partial charge in [0.1, 0.15) is 0 Å². The zero-order valence-electron chi connectivity index (χ0n) is 21.0. The van der Waals surface area contributed by atoms with Crippen LogP contribution in [0.15, 0.2) is 42.5 Å². The van der Waals surface area contributed by atoms with Gasteiger partial charge in [0, 0.05) is 50.5 Å². The van der Waals surface area contributed by atoms with Gasteiger partial charge in [-0.25, -0.2) is 0 Å². The molecule has 5 heteroatoms. The van der Waals surface area contributed by atoms with E-state index >= 15 is 0 Å². The summed E-state index contributed by atoms with van der Waals surface area (Å²) in [5, 5.41) is 3.03. The molecular weight excluding hydrogens is 398 g/mol. The lowest BCUT2D eigenvalue weighted by Crippen LogP contribution is -2.34. The van der Waals surface area contributed by atoms with Gasteiger partial charge in [0.05, 0.1) is 0 Å². The van der Waals surface area contributed by atoms with E-state index in [0.717, 1.165) is 22.5 Å². The molecule has 0 aliphatic heterocycles. The summed E-state index contributed by atoms with van der Waals surface area (Å²) in [5.41, 5.74) is 4.48. The minimum atomic E-state index is -0.0786. The molecule has 0 atom stereocenters. The van der Waals surface area contributed by atoms with Crippen LogP contribution in [0.2, 0.25) is 0 Å². The molecule has 2 aromatic rings. The molecule has 0 spiro atoms. The molecule has 0 saturated carbocycles. The Hall–Kier alpha value is -2.82. The van der Waals surface area contributed by atoms with Gasteiger partial charge in [-0.2, -0.15) is 0 Å². The average Bonchev–Trinajstić information content (AvgIpc) is 2.65. The van der Waals surface area contributed by atoms with Crippen LogP contribution in [0.1, 0.15) is 62.5 Å². The highest BCUT2D eigenvalue weighted by Crippen LogP contribution is 2.27. The van der Waals surface area contributed by atoms with E-state index in [4.69, 9.17) is 0 Å². The third-order valence-corrected chi connectivity index (χ3v) is 5.03. The Labute approximate surface area is 193 Å². The maximum atomic E-state index is 13.4. The summed E-state index contributed by atoms with van der Waals surface area (Å²) < 4.78 is 0. The van der Waals surface area contributed by atoms with E-state index in [1.54, 1.807) is 0 Å². The topological polar surface area (TPSA) is 52.7 Å². The molecule has 2 aromatic carbocycles. The largest absolute Gasteiger partial charge is 0.377 e. The second-order valence-corrected chi connectivity index (χ2v) is 10.5. The Balaban J connectivity index is 2.35. The minimum absolute atomic E-state index is 0.00377. The zero-order valence-corrected chi connectivity index (χ0v) is 21.0. The van der Waals surface area contributed by atoms with E-state index in [2.05, 4.69) is 19.2 Å². The molecule has 174 valence electrons. The van der Waals surface area contributed by atoms with Crippen LogP contribution in [0.3, 0.4) is 0 Å². The van der Waals surface area contributed by atoms with Crippen LogP contribution < -0.4 is 10.2 Å². The van der Waals surface area contributed by atoms with Gasteiger partial charge in [-0.05, 0) is 54.2 Å². The predicted octanol–water partition coefficient (Wildman–Crippen LogP) is 5.73. The first-order valence-electron chi connectivity index (χ1n) is 11.3. The molecule has 0 aromatic heterocycles. The van der Waals surface area contributed by atoms with E-state index in [1.165, 1.54) is 0 Å². The molecule has 0 saturated heterocycles. The number of aryl methyl sites for hydroxylation is 1. The smallest absolute Gasteiger partial charge is 0.254 e. The number of hydrogen-bond acceptors (Lipinski definition) is 3. The first-order chi connectivity index (χ1) is 14.9. The van der Waals surface area contributed by atoms with Crippen LogP contribution in [-0.2, 0) is 11.3 Å². The quantitative estimate of drug-likeness (QED) is 0.573. The number of anilines is 2. The molecule has 0 bridgehead atoms. The summed E-state index contributed by atoms with van der Waals surface area (Å²) in [4.78, 5) is 29.8. The van der Waals surface area contributed by atoms with Crippen LogP contribution in [0.25, 0.3) is 0 Å². The van der Waals surface area contributed by atoms with Gasteiger partial charge in [-0.1, -0.05) is 52.3 Å². The summed E-state index contributed by atoms with van der Waals surface area (Å²) in [6, 6.07) is 13.7. The van der Waals surface area contributed by atoms with Crippen molar-refractivity contribution < 1.29 is 9.59 Å². The van der Waals surface area contributed by atoms with Gasteiger partial charge >= 0.3 is 0 Å². The van der Waals surface area contributed by atoms with E-state index in [1.807, 2.05) is 94.1 Å². The van der Waals surface area contributed by atoms with Crippen molar-refractivity contribution in [3.8, 4) is 0 Å². The van der Waals surface area contributed by atoms with E-state index in [-0.39, 0.29) is 17.2 Å². The SMILES string of the molecule is Cc1cccc(C(=O)N(Cc2cc(NC(=O)CC(C)(C)C)ccc2N(C)C)CC(C)C)c1. The minimum Gasteiger partial charge on any atom is -0.377 e. The van der Waals surface area contributed by atoms with Gasteiger partial charge in [-0.15, -0.1) is 0 Å². The van der Waals surface area contributed by atoms with Crippen molar-refractivity contribution in [2.75, 3.05) is 30.9 Å². The van der Waals surface area contributed by atoms with Crippen LogP contribution in [0.4, 0.5) is 11.4 Å². The third-order valence-electron chi connectivity index (χ3n) is 5.03. The van der Waals surface area contributed by atoms with Crippen LogP contribution in [0, 0.1) is 18.3 Å². The number of carbonyl (C=O) groups excluding carboxylic acids is 2. The number of carbonyl (C=O) groups is 2. The molecule has 0 radical (unpaired) electrons.